The van der Waals surface area contributed by atoms with Crippen LogP contribution in [0.4, 0.5) is 0 Å². The van der Waals surface area contributed by atoms with Crippen LogP contribution in [0.5, 0.6) is 0 Å². The van der Waals surface area contributed by atoms with Crippen LogP contribution in [0, 0.1) is 0 Å². The number of β-amino-alcohol motifs (C(OH)–C–C–N with tert-alkyl or cyclic N) is 1. The Morgan fingerprint density at radius 2 is 2.24 bits per heavy atom. The molecule has 7 nitrogen and oxygen atoms in total. The van der Waals surface area contributed by atoms with Gasteiger partial charge >= 0.3 is 5.97 Å². The van der Waals surface area contributed by atoms with Crippen molar-refractivity contribution in [3.8, 4) is 0 Å². The number of aliphatic hydroxyl groups excluding tert-OH is 1. The molecule has 1 aliphatic heterocycles. The molecule has 7 heteroatoms. The number of carbonyl (C=O) groups excluding carboxylic acids is 1. The molecule has 1 aliphatic rings. The van der Waals surface area contributed by atoms with Gasteiger partial charge in [-0.25, -0.2) is 4.79 Å². The third kappa shape index (κ3) is 2.14. The molecule has 0 aliphatic carbocycles. The molecule has 2 heterocycles. The fourth-order valence-electron chi connectivity index (χ4n) is 1.95. The van der Waals surface area contributed by atoms with E-state index >= 15 is 0 Å². The van der Waals surface area contributed by atoms with Crippen LogP contribution >= 0.6 is 0 Å². The average Bonchev–Trinajstić information content (AvgIpc) is 2.83. The number of likely N-dealkylation sites (tertiary alicyclic amines) is 1. The number of hydrogen-bond donors (Lipinski definition) is 2. The lowest BCUT2D eigenvalue weighted by Gasteiger charge is -2.19. The first-order valence-electron chi connectivity index (χ1n) is 5.20. The van der Waals surface area contributed by atoms with Gasteiger partial charge in [0.2, 0.25) is 0 Å². The van der Waals surface area contributed by atoms with Gasteiger partial charge in [0.1, 0.15) is 11.7 Å². The van der Waals surface area contributed by atoms with Crippen molar-refractivity contribution in [1.29, 1.82) is 0 Å². The van der Waals surface area contributed by atoms with Crippen LogP contribution in [-0.2, 0) is 11.8 Å². The summed E-state index contributed by atoms with van der Waals surface area (Å²) in [5.74, 6) is -1.57. The third-order valence-electron chi connectivity index (χ3n) is 2.76. The summed E-state index contributed by atoms with van der Waals surface area (Å²) in [6.45, 7) is 0.0341. The molecule has 1 fully saturated rings. The predicted octanol–water partition coefficient (Wildman–Crippen LogP) is -0.920. The molecule has 0 bridgehead atoms. The summed E-state index contributed by atoms with van der Waals surface area (Å²) in [7, 11) is 1.67. The Morgan fingerprint density at radius 3 is 2.76 bits per heavy atom. The standard InChI is InChI=1S/C10H13N3O4/c1-12-3-2-7(11-12)9(15)13-5-6(14)4-8(13)10(16)17/h2-3,6,8,14H,4-5H2,1H3,(H,16,17)/t6-,8-/m0/s1. The summed E-state index contributed by atoms with van der Waals surface area (Å²) < 4.78 is 1.47. The number of nitrogens with zero attached hydrogens (tertiary/aromatic N) is 3. The molecule has 0 saturated carbocycles. The number of aliphatic hydroxyl groups is 1. The highest BCUT2D eigenvalue weighted by atomic mass is 16.4. The Morgan fingerprint density at radius 1 is 1.53 bits per heavy atom. The van der Waals surface area contributed by atoms with Crippen molar-refractivity contribution in [2.45, 2.75) is 18.6 Å². The quantitative estimate of drug-likeness (QED) is 0.696. The Labute approximate surface area is 97.3 Å². The molecule has 1 saturated heterocycles. The van der Waals surface area contributed by atoms with Crippen LogP contribution in [0.15, 0.2) is 12.3 Å². The molecule has 92 valence electrons. The van der Waals surface area contributed by atoms with Gasteiger partial charge in [-0.15, -0.1) is 0 Å². The summed E-state index contributed by atoms with van der Waals surface area (Å²) in [6.07, 6.45) is 0.882. The highest BCUT2D eigenvalue weighted by Crippen LogP contribution is 2.20. The maximum absolute atomic E-state index is 12.0. The Bertz CT molecular complexity index is 456. The molecule has 0 unspecified atom stereocenters. The molecular weight excluding hydrogens is 226 g/mol. The molecule has 2 atom stereocenters. The van der Waals surface area contributed by atoms with Gasteiger partial charge in [0.05, 0.1) is 6.10 Å². The largest absolute Gasteiger partial charge is 0.480 e. The van der Waals surface area contributed by atoms with Gasteiger partial charge in [-0.2, -0.15) is 5.10 Å². The summed E-state index contributed by atoms with van der Waals surface area (Å²) in [4.78, 5) is 24.1. The number of carboxylic acid groups (broad SMARTS) is 1. The van der Waals surface area contributed by atoms with E-state index in [-0.39, 0.29) is 18.7 Å². The van der Waals surface area contributed by atoms with Gasteiger partial charge in [0.25, 0.3) is 5.91 Å². The molecule has 17 heavy (non-hydrogen) atoms. The monoisotopic (exact) mass is 239 g/mol. The minimum Gasteiger partial charge on any atom is -0.480 e. The Hall–Kier alpha value is -1.89. The Kier molecular flexibility index (Phi) is 2.84. The highest BCUT2D eigenvalue weighted by molar-refractivity contribution is 5.95. The van der Waals surface area contributed by atoms with Crippen LogP contribution in [0.1, 0.15) is 16.9 Å². The molecule has 0 spiro atoms. The summed E-state index contributed by atoms with van der Waals surface area (Å²) in [6, 6.07) is 0.547. The van der Waals surface area contributed by atoms with Gasteiger partial charge in [0.15, 0.2) is 0 Å². The number of rotatable bonds is 2. The van der Waals surface area contributed by atoms with E-state index in [4.69, 9.17) is 5.11 Å². The number of carboxylic acids is 1. The van der Waals surface area contributed by atoms with Gasteiger partial charge in [-0.1, -0.05) is 0 Å². The highest BCUT2D eigenvalue weighted by Gasteiger charge is 2.39. The normalized spacial score (nSPS) is 24.0. The molecule has 1 amide bonds. The first kappa shape index (κ1) is 11.6. The fourth-order valence-corrected chi connectivity index (χ4v) is 1.95. The molecule has 2 rings (SSSR count). The van der Waals surface area contributed by atoms with Gasteiger partial charge in [-0.3, -0.25) is 9.48 Å². The minimum absolute atomic E-state index is 0.0341. The van der Waals surface area contributed by atoms with E-state index in [1.807, 2.05) is 0 Å². The molecule has 1 aromatic rings. The molecule has 2 N–H and O–H groups in total. The van der Waals surface area contributed by atoms with E-state index in [1.54, 1.807) is 13.2 Å². The second kappa shape index (κ2) is 4.17. The van der Waals surface area contributed by atoms with Gasteiger partial charge in [-0.05, 0) is 6.07 Å². The van der Waals surface area contributed by atoms with Gasteiger partial charge < -0.3 is 15.1 Å². The van der Waals surface area contributed by atoms with Crippen LogP contribution < -0.4 is 0 Å². The van der Waals surface area contributed by atoms with Crippen molar-refractivity contribution < 1.29 is 19.8 Å². The van der Waals surface area contributed by atoms with E-state index in [9.17, 15) is 14.7 Å². The van der Waals surface area contributed by atoms with Crippen molar-refractivity contribution in [1.82, 2.24) is 14.7 Å². The maximum atomic E-state index is 12.0. The summed E-state index contributed by atoms with van der Waals surface area (Å²) >= 11 is 0. The van der Waals surface area contributed by atoms with E-state index in [1.165, 1.54) is 10.7 Å². The SMILES string of the molecule is Cn1ccc(C(=O)N2C[C@@H](O)C[C@H]2C(=O)O)n1. The topological polar surface area (TPSA) is 95.7 Å². The smallest absolute Gasteiger partial charge is 0.326 e. The number of hydrogen-bond acceptors (Lipinski definition) is 4. The molecule has 1 aromatic heterocycles. The van der Waals surface area contributed by atoms with E-state index in [2.05, 4.69) is 5.10 Å². The minimum atomic E-state index is -1.11. The average molecular weight is 239 g/mol. The second-order valence-electron chi connectivity index (χ2n) is 4.08. The van der Waals surface area contributed by atoms with E-state index < -0.39 is 24.0 Å². The lowest BCUT2D eigenvalue weighted by Crippen LogP contribution is -2.40. The third-order valence-corrected chi connectivity index (χ3v) is 2.76. The summed E-state index contributed by atoms with van der Waals surface area (Å²) in [5.41, 5.74) is 0.188. The first-order chi connectivity index (χ1) is 7.99. The van der Waals surface area contributed by atoms with Crippen molar-refractivity contribution in [2.24, 2.45) is 7.05 Å². The van der Waals surface area contributed by atoms with E-state index in [0.29, 0.717) is 0 Å². The van der Waals surface area contributed by atoms with Crippen molar-refractivity contribution >= 4 is 11.9 Å². The van der Waals surface area contributed by atoms with Crippen LogP contribution in [-0.4, -0.2) is 55.5 Å². The molecule has 0 aromatic carbocycles. The van der Waals surface area contributed by atoms with Crippen molar-refractivity contribution in [2.75, 3.05) is 6.54 Å². The van der Waals surface area contributed by atoms with Crippen molar-refractivity contribution in [3.63, 3.8) is 0 Å². The zero-order chi connectivity index (χ0) is 12.6. The first-order valence-corrected chi connectivity index (χ1v) is 5.20. The van der Waals surface area contributed by atoms with Crippen LogP contribution in [0.2, 0.25) is 0 Å². The fraction of sp³-hybridized carbons (Fsp3) is 0.500. The van der Waals surface area contributed by atoms with Crippen LogP contribution in [0.3, 0.4) is 0 Å². The number of aromatic nitrogens is 2. The number of aliphatic carboxylic acids is 1. The molecular formula is C10H13N3O4. The lowest BCUT2D eigenvalue weighted by atomic mass is 10.2. The number of aryl methyl sites for hydroxylation is 1. The van der Waals surface area contributed by atoms with Gasteiger partial charge in [0, 0.05) is 26.2 Å². The van der Waals surface area contributed by atoms with Crippen molar-refractivity contribution in [3.05, 3.63) is 18.0 Å². The maximum Gasteiger partial charge on any atom is 0.326 e. The Balaban J connectivity index is 2.21. The predicted molar refractivity (Wildman–Crippen MR) is 56.3 cm³/mol. The zero-order valence-corrected chi connectivity index (χ0v) is 9.28. The summed E-state index contributed by atoms with van der Waals surface area (Å²) in [5, 5.41) is 22.3. The lowest BCUT2D eigenvalue weighted by molar-refractivity contribution is -0.141. The number of amides is 1. The second-order valence-corrected chi connectivity index (χ2v) is 4.08. The zero-order valence-electron chi connectivity index (χ0n) is 9.28. The van der Waals surface area contributed by atoms with E-state index in [0.717, 1.165) is 4.90 Å². The van der Waals surface area contributed by atoms with Crippen LogP contribution in [0.25, 0.3) is 0 Å². The number of carbonyl (C=O) groups is 2. The molecule has 0 radical (unpaired) electrons.